The average molecular weight is 521 g/mol. The van der Waals surface area contributed by atoms with Crippen LogP contribution in [0, 0.1) is 5.92 Å². The van der Waals surface area contributed by atoms with Crippen molar-refractivity contribution in [3.05, 3.63) is 0 Å². The molecule has 36 heavy (non-hydrogen) atoms. The molecule has 210 valence electrons. The van der Waals surface area contributed by atoms with Gasteiger partial charge in [0.1, 0.15) is 19.0 Å². The molecule has 0 aromatic heterocycles. The molecule has 0 aromatic carbocycles. The van der Waals surface area contributed by atoms with Crippen LogP contribution in [0.5, 0.6) is 0 Å². The lowest BCUT2D eigenvalue weighted by atomic mass is 9.94. The van der Waals surface area contributed by atoms with E-state index in [9.17, 15) is 24.3 Å². The van der Waals surface area contributed by atoms with Crippen molar-refractivity contribution in [1.82, 2.24) is 16.0 Å². The molecule has 13 heteroatoms. The lowest BCUT2D eigenvalue weighted by Gasteiger charge is -2.13. The Hall–Kier alpha value is -2.16. The first kappa shape index (κ1) is 33.8. The SMILES string of the molecule is CNCCOCCOCC(=O)NCCOCCOCC(=O)NCCCC[C@H](CC(=O)[C@H](C)N)C(=O)O. The van der Waals surface area contributed by atoms with Gasteiger partial charge in [-0.3, -0.25) is 19.2 Å². The summed E-state index contributed by atoms with van der Waals surface area (Å²) >= 11 is 0. The number of rotatable bonds is 25. The molecule has 0 heterocycles. The number of aliphatic carboxylic acids is 1. The van der Waals surface area contributed by atoms with Gasteiger partial charge in [0.05, 0.1) is 51.6 Å². The van der Waals surface area contributed by atoms with Crippen molar-refractivity contribution >= 4 is 23.6 Å². The second kappa shape index (κ2) is 23.3. The molecule has 0 aromatic rings. The number of unbranched alkanes of at least 4 members (excludes halogenated alkanes) is 1. The fraction of sp³-hybridized carbons (Fsp3) is 0.826. The van der Waals surface area contributed by atoms with Crippen LogP contribution in [-0.2, 0) is 38.1 Å². The molecule has 0 saturated carbocycles. The van der Waals surface area contributed by atoms with Crippen LogP contribution in [0.2, 0.25) is 0 Å². The number of hydrogen-bond donors (Lipinski definition) is 5. The Morgan fingerprint density at radius 2 is 1.31 bits per heavy atom. The van der Waals surface area contributed by atoms with Crippen LogP contribution in [0.15, 0.2) is 0 Å². The minimum absolute atomic E-state index is 0.0407. The maximum absolute atomic E-state index is 11.8. The van der Waals surface area contributed by atoms with E-state index in [1.807, 2.05) is 7.05 Å². The molecule has 13 nitrogen and oxygen atoms in total. The van der Waals surface area contributed by atoms with Gasteiger partial charge in [0.15, 0.2) is 0 Å². The molecule has 0 aliphatic heterocycles. The lowest BCUT2D eigenvalue weighted by molar-refractivity contribution is -0.144. The van der Waals surface area contributed by atoms with Crippen LogP contribution in [0.25, 0.3) is 0 Å². The largest absolute Gasteiger partial charge is 0.481 e. The van der Waals surface area contributed by atoms with E-state index in [4.69, 9.17) is 24.7 Å². The van der Waals surface area contributed by atoms with Crippen LogP contribution in [0.3, 0.4) is 0 Å². The molecule has 0 saturated heterocycles. The Morgan fingerprint density at radius 3 is 1.83 bits per heavy atom. The predicted molar refractivity (Wildman–Crippen MR) is 131 cm³/mol. The van der Waals surface area contributed by atoms with Crippen molar-refractivity contribution in [2.24, 2.45) is 11.7 Å². The van der Waals surface area contributed by atoms with Gasteiger partial charge in [0.2, 0.25) is 11.8 Å². The molecule has 0 rings (SSSR count). The van der Waals surface area contributed by atoms with Crippen LogP contribution in [0.1, 0.15) is 32.6 Å². The van der Waals surface area contributed by atoms with Gasteiger partial charge < -0.3 is 45.7 Å². The number of amides is 2. The molecule has 6 N–H and O–H groups in total. The Balaban J connectivity index is 3.55. The number of carboxylic acids is 1. The number of carbonyl (C=O) groups excluding carboxylic acids is 3. The van der Waals surface area contributed by atoms with Crippen molar-refractivity contribution < 1.29 is 43.2 Å². The summed E-state index contributed by atoms with van der Waals surface area (Å²) in [4.78, 5) is 46.2. The van der Waals surface area contributed by atoms with Crippen LogP contribution < -0.4 is 21.7 Å². The molecular formula is C23H44N4O9. The highest BCUT2D eigenvalue weighted by Crippen LogP contribution is 2.14. The molecule has 0 fully saturated rings. The van der Waals surface area contributed by atoms with Crippen LogP contribution in [0.4, 0.5) is 0 Å². The molecule has 0 aliphatic carbocycles. The van der Waals surface area contributed by atoms with Gasteiger partial charge in [0.25, 0.3) is 0 Å². The van der Waals surface area contributed by atoms with E-state index in [2.05, 4.69) is 16.0 Å². The molecule has 0 aliphatic rings. The number of carboxylic acid groups (broad SMARTS) is 1. The first-order chi connectivity index (χ1) is 17.3. The first-order valence-electron chi connectivity index (χ1n) is 12.3. The number of nitrogens with one attached hydrogen (secondary N) is 3. The third-order valence-corrected chi connectivity index (χ3v) is 4.88. The van der Waals surface area contributed by atoms with Gasteiger partial charge in [-0.25, -0.2) is 0 Å². The van der Waals surface area contributed by atoms with E-state index in [-0.39, 0.29) is 50.4 Å². The standard InChI is InChI=1S/C23H44N4O9/c1-18(24)20(28)15-19(23(31)32)5-3-4-6-26-21(29)16-35-14-12-34-10-8-27-22(30)17-36-13-11-33-9-7-25-2/h18-19,25H,3-17,24H2,1-2H3,(H,26,29)(H,27,30)(H,31,32)/t18-,19+/m0/s1. The van der Waals surface area contributed by atoms with E-state index in [0.29, 0.717) is 58.8 Å². The smallest absolute Gasteiger partial charge is 0.306 e. The fourth-order valence-electron chi connectivity index (χ4n) is 2.79. The molecule has 0 spiro atoms. The normalized spacial score (nSPS) is 12.6. The van der Waals surface area contributed by atoms with E-state index in [0.717, 1.165) is 6.54 Å². The van der Waals surface area contributed by atoms with Crippen molar-refractivity contribution in [1.29, 1.82) is 0 Å². The minimum Gasteiger partial charge on any atom is -0.481 e. The van der Waals surface area contributed by atoms with E-state index in [1.165, 1.54) is 6.92 Å². The minimum atomic E-state index is -1.02. The van der Waals surface area contributed by atoms with Gasteiger partial charge in [-0.2, -0.15) is 0 Å². The van der Waals surface area contributed by atoms with Crippen molar-refractivity contribution in [3.63, 3.8) is 0 Å². The fourth-order valence-corrected chi connectivity index (χ4v) is 2.79. The highest BCUT2D eigenvalue weighted by Gasteiger charge is 2.22. The number of Topliss-reactive ketones (excluding diaryl/α,β-unsaturated/α-hetero) is 1. The quantitative estimate of drug-likeness (QED) is 0.0899. The Kier molecular flexibility index (Phi) is 21.9. The Labute approximate surface area is 213 Å². The number of hydrogen-bond acceptors (Lipinski definition) is 10. The zero-order chi connectivity index (χ0) is 27.0. The summed E-state index contributed by atoms with van der Waals surface area (Å²) in [5, 5.41) is 17.5. The summed E-state index contributed by atoms with van der Waals surface area (Å²) in [6.07, 6.45) is 1.42. The molecule has 0 bridgehead atoms. The van der Waals surface area contributed by atoms with E-state index < -0.39 is 17.9 Å². The lowest BCUT2D eigenvalue weighted by Crippen LogP contribution is -2.31. The highest BCUT2D eigenvalue weighted by atomic mass is 16.5. The summed E-state index contributed by atoms with van der Waals surface area (Å²) in [6, 6.07) is -0.674. The molecule has 2 amide bonds. The first-order valence-corrected chi connectivity index (χ1v) is 12.3. The topological polar surface area (TPSA) is 188 Å². The van der Waals surface area contributed by atoms with Gasteiger partial charge in [-0.15, -0.1) is 0 Å². The van der Waals surface area contributed by atoms with Crippen LogP contribution in [-0.4, -0.2) is 114 Å². The average Bonchev–Trinajstić information content (AvgIpc) is 2.83. The predicted octanol–water partition coefficient (Wildman–Crippen LogP) is -1.32. The second-order valence-electron chi connectivity index (χ2n) is 8.12. The summed E-state index contributed by atoms with van der Waals surface area (Å²) in [5.41, 5.74) is 5.48. The second-order valence-corrected chi connectivity index (χ2v) is 8.12. The van der Waals surface area contributed by atoms with Crippen molar-refractivity contribution in [3.8, 4) is 0 Å². The van der Waals surface area contributed by atoms with Crippen molar-refractivity contribution in [2.75, 3.05) is 79.5 Å². The summed E-state index contributed by atoms with van der Waals surface area (Å²) in [6.45, 7) is 5.05. The molecular weight excluding hydrogens is 476 g/mol. The van der Waals surface area contributed by atoms with Gasteiger partial charge >= 0.3 is 5.97 Å². The van der Waals surface area contributed by atoms with E-state index >= 15 is 0 Å². The number of likely N-dealkylation sites (N-methyl/N-ethyl adjacent to an activating group) is 1. The third kappa shape index (κ3) is 21.1. The summed E-state index contributed by atoms with van der Waals surface area (Å²) in [5.74, 6) is -2.57. The number of ketones is 1. The van der Waals surface area contributed by atoms with Gasteiger partial charge in [0, 0.05) is 26.1 Å². The van der Waals surface area contributed by atoms with Crippen LogP contribution >= 0.6 is 0 Å². The maximum atomic E-state index is 11.8. The molecule has 0 unspecified atom stereocenters. The van der Waals surface area contributed by atoms with Gasteiger partial charge in [-0.1, -0.05) is 6.42 Å². The summed E-state index contributed by atoms with van der Waals surface area (Å²) < 4.78 is 21.0. The van der Waals surface area contributed by atoms with Gasteiger partial charge in [-0.05, 0) is 26.8 Å². The zero-order valence-electron chi connectivity index (χ0n) is 21.6. The van der Waals surface area contributed by atoms with E-state index in [1.54, 1.807) is 0 Å². The molecule has 0 radical (unpaired) electrons. The number of ether oxygens (including phenoxy) is 4. The third-order valence-electron chi connectivity index (χ3n) is 4.88. The van der Waals surface area contributed by atoms with Crippen molar-refractivity contribution in [2.45, 2.75) is 38.6 Å². The number of nitrogens with two attached hydrogens (primary N) is 1. The highest BCUT2D eigenvalue weighted by molar-refractivity contribution is 5.87. The number of carbonyl (C=O) groups is 4. The molecule has 2 atom stereocenters. The summed E-state index contributed by atoms with van der Waals surface area (Å²) in [7, 11) is 1.84. The maximum Gasteiger partial charge on any atom is 0.306 e. The Bertz CT molecular complexity index is 620. The zero-order valence-corrected chi connectivity index (χ0v) is 21.6. The Morgan fingerprint density at radius 1 is 0.778 bits per heavy atom. The monoisotopic (exact) mass is 520 g/mol.